The van der Waals surface area contributed by atoms with Crippen LogP contribution in [-0.4, -0.2) is 17.4 Å². The van der Waals surface area contributed by atoms with Gasteiger partial charge in [-0.1, -0.05) is 12.1 Å². The Morgan fingerprint density at radius 1 is 0.964 bits per heavy atom. The van der Waals surface area contributed by atoms with Crippen molar-refractivity contribution in [1.82, 2.24) is 5.32 Å². The third kappa shape index (κ3) is 6.54. The minimum Gasteiger partial charge on any atom is -0.348 e. The molecule has 2 aromatic carbocycles. The molecule has 2 amide bonds. The zero-order valence-corrected chi connectivity index (χ0v) is 16.1. The number of halogens is 4. The molecule has 152 valence electrons. The van der Waals surface area contributed by atoms with Crippen molar-refractivity contribution in [3.63, 3.8) is 0 Å². The van der Waals surface area contributed by atoms with Crippen LogP contribution in [0.25, 0.3) is 0 Å². The van der Waals surface area contributed by atoms with Crippen LogP contribution >= 0.6 is 12.4 Å². The molecular weight excluding hydrogens is 395 g/mol. The Bertz CT molecular complexity index is 814. The van der Waals surface area contributed by atoms with Gasteiger partial charge in [-0.05, 0) is 55.8 Å². The van der Waals surface area contributed by atoms with Crippen LogP contribution < -0.4 is 16.4 Å². The first-order valence-corrected chi connectivity index (χ1v) is 8.11. The van der Waals surface area contributed by atoms with Crippen LogP contribution in [0, 0.1) is 0 Å². The van der Waals surface area contributed by atoms with E-state index in [1.165, 1.54) is 0 Å². The Morgan fingerprint density at radius 3 is 1.96 bits per heavy atom. The number of amides is 2. The molecule has 0 aliphatic carbocycles. The molecule has 0 aliphatic rings. The number of hydrogen-bond donors (Lipinski definition) is 3. The van der Waals surface area contributed by atoms with Crippen LogP contribution in [0.3, 0.4) is 0 Å². The van der Waals surface area contributed by atoms with Gasteiger partial charge < -0.3 is 16.4 Å². The number of benzene rings is 2. The summed E-state index contributed by atoms with van der Waals surface area (Å²) < 4.78 is 37.6. The van der Waals surface area contributed by atoms with Crippen molar-refractivity contribution < 1.29 is 22.8 Å². The van der Waals surface area contributed by atoms with Crippen molar-refractivity contribution in [1.29, 1.82) is 0 Å². The molecule has 4 N–H and O–H groups in total. The molecule has 5 nitrogen and oxygen atoms in total. The lowest BCUT2D eigenvalue weighted by atomic mass is 10.1. The molecule has 0 radical (unpaired) electrons. The quantitative estimate of drug-likeness (QED) is 0.695. The van der Waals surface area contributed by atoms with E-state index in [2.05, 4.69) is 10.6 Å². The summed E-state index contributed by atoms with van der Waals surface area (Å²) in [4.78, 5) is 23.9. The molecule has 0 saturated carbocycles. The van der Waals surface area contributed by atoms with Gasteiger partial charge in [0, 0.05) is 17.8 Å². The lowest BCUT2D eigenvalue weighted by Crippen LogP contribution is -2.45. The summed E-state index contributed by atoms with van der Waals surface area (Å²) in [5.74, 6) is -0.808. The van der Waals surface area contributed by atoms with E-state index in [-0.39, 0.29) is 30.4 Å². The largest absolute Gasteiger partial charge is 0.416 e. The molecule has 0 heterocycles. The van der Waals surface area contributed by atoms with E-state index < -0.39 is 23.2 Å². The average molecular weight is 416 g/mol. The minimum atomic E-state index is -4.44. The van der Waals surface area contributed by atoms with Gasteiger partial charge in [-0.25, -0.2) is 0 Å². The molecule has 0 bridgehead atoms. The van der Waals surface area contributed by atoms with Crippen LogP contribution in [0.1, 0.15) is 35.3 Å². The van der Waals surface area contributed by atoms with Crippen LogP contribution in [0.5, 0.6) is 0 Å². The first-order chi connectivity index (χ1) is 12.5. The van der Waals surface area contributed by atoms with Gasteiger partial charge in [0.05, 0.1) is 11.1 Å². The van der Waals surface area contributed by atoms with E-state index in [0.29, 0.717) is 5.69 Å². The zero-order chi connectivity index (χ0) is 20.2. The molecule has 0 aromatic heterocycles. The number of anilines is 1. The summed E-state index contributed by atoms with van der Waals surface area (Å²) in [5.41, 5.74) is 5.36. The maximum atomic E-state index is 12.5. The van der Waals surface area contributed by atoms with Gasteiger partial charge >= 0.3 is 6.18 Å². The second kappa shape index (κ2) is 9.07. The van der Waals surface area contributed by atoms with Gasteiger partial charge in [0.1, 0.15) is 0 Å². The molecular formula is C19H21ClF3N3O2. The number of rotatable bonds is 5. The number of carbonyl (C=O) groups is 2. The Hall–Kier alpha value is -2.58. The maximum Gasteiger partial charge on any atom is 0.416 e. The summed E-state index contributed by atoms with van der Waals surface area (Å²) in [6, 6.07) is 10.8. The third-order valence-electron chi connectivity index (χ3n) is 3.72. The maximum absolute atomic E-state index is 12.5. The highest BCUT2D eigenvalue weighted by Gasteiger charge is 2.30. The topological polar surface area (TPSA) is 84.2 Å². The monoisotopic (exact) mass is 415 g/mol. The first kappa shape index (κ1) is 23.5. The first-order valence-electron chi connectivity index (χ1n) is 8.11. The molecule has 0 aliphatic heterocycles. The smallest absolute Gasteiger partial charge is 0.348 e. The standard InChI is InChI=1S/C19H20F3N3O2.ClH/c1-18(2,23)17(27)25-15-9-3-12(4-10-15)11-24-16(26)13-5-7-14(8-6-13)19(20,21)22;/h3-10H,11,23H2,1-2H3,(H,24,26)(H,25,27);1H. The Balaban J connectivity index is 0.00000392. The molecule has 2 rings (SSSR count). The van der Waals surface area contributed by atoms with Crippen LogP contribution in [-0.2, 0) is 17.5 Å². The predicted molar refractivity (Wildman–Crippen MR) is 103 cm³/mol. The van der Waals surface area contributed by atoms with Crippen molar-refractivity contribution >= 4 is 29.9 Å². The van der Waals surface area contributed by atoms with Crippen LogP contribution in [0.2, 0.25) is 0 Å². The highest BCUT2D eigenvalue weighted by atomic mass is 35.5. The molecule has 28 heavy (non-hydrogen) atoms. The molecule has 0 saturated heterocycles. The Labute approximate surface area is 166 Å². The zero-order valence-electron chi connectivity index (χ0n) is 15.3. The lowest BCUT2D eigenvalue weighted by molar-refractivity contribution is -0.137. The average Bonchev–Trinajstić information content (AvgIpc) is 2.59. The van der Waals surface area contributed by atoms with E-state index >= 15 is 0 Å². The van der Waals surface area contributed by atoms with E-state index in [1.807, 2.05) is 0 Å². The molecule has 0 atom stereocenters. The molecule has 0 spiro atoms. The van der Waals surface area contributed by atoms with Gasteiger partial charge in [0.25, 0.3) is 5.91 Å². The summed E-state index contributed by atoms with van der Waals surface area (Å²) in [6.07, 6.45) is -4.44. The SMILES string of the molecule is CC(C)(N)C(=O)Nc1ccc(CNC(=O)c2ccc(C(F)(F)F)cc2)cc1.Cl. The van der Waals surface area contributed by atoms with Crippen LogP contribution in [0.15, 0.2) is 48.5 Å². The van der Waals surface area contributed by atoms with E-state index in [0.717, 1.165) is 29.8 Å². The van der Waals surface area contributed by atoms with Crippen molar-refractivity contribution in [3.05, 3.63) is 65.2 Å². The van der Waals surface area contributed by atoms with Gasteiger partial charge in [-0.3, -0.25) is 9.59 Å². The van der Waals surface area contributed by atoms with E-state index in [4.69, 9.17) is 5.73 Å². The summed E-state index contributed by atoms with van der Waals surface area (Å²) in [5, 5.41) is 5.30. The van der Waals surface area contributed by atoms with Gasteiger partial charge in [-0.15, -0.1) is 12.4 Å². The van der Waals surface area contributed by atoms with Crippen molar-refractivity contribution in [2.24, 2.45) is 5.73 Å². The summed E-state index contributed by atoms with van der Waals surface area (Å²) >= 11 is 0. The number of nitrogens with two attached hydrogens (primary N) is 1. The Morgan fingerprint density at radius 2 is 1.50 bits per heavy atom. The van der Waals surface area contributed by atoms with Crippen LogP contribution in [0.4, 0.5) is 18.9 Å². The number of carbonyl (C=O) groups excluding carboxylic acids is 2. The van der Waals surface area contributed by atoms with Gasteiger partial charge in [0.15, 0.2) is 0 Å². The van der Waals surface area contributed by atoms with Gasteiger partial charge in [-0.2, -0.15) is 13.2 Å². The molecule has 2 aromatic rings. The number of hydrogen-bond acceptors (Lipinski definition) is 3. The minimum absolute atomic E-state index is 0. The fourth-order valence-electron chi connectivity index (χ4n) is 2.09. The molecule has 0 fully saturated rings. The van der Waals surface area contributed by atoms with Crippen molar-refractivity contribution in [3.8, 4) is 0 Å². The lowest BCUT2D eigenvalue weighted by Gasteiger charge is -2.17. The van der Waals surface area contributed by atoms with E-state index in [1.54, 1.807) is 38.1 Å². The summed E-state index contributed by atoms with van der Waals surface area (Å²) in [7, 11) is 0. The normalized spacial score (nSPS) is 11.4. The van der Waals surface area contributed by atoms with Crippen molar-refractivity contribution in [2.75, 3.05) is 5.32 Å². The number of nitrogens with one attached hydrogen (secondary N) is 2. The highest BCUT2D eigenvalue weighted by molar-refractivity contribution is 5.97. The Kier molecular flexibility index (Phi) is 7.60. The second-order valence-corrected chi connectivity index (χ2v) is 6.63. The molecule has 9 heteroatoms. The highest BCUT2D eigenvalue weighted by Crippen LogP contribution is 2.29. The second-order valence-electron chi connectivity index (χ2n) is 6.63. The fourth-order valence-corrected chi connectivity index (χ4v) is 2.09. The van der Waals surface area contributed by atoms with E-state index in [9.17, 15) is 22.8 Å². The summed E-state index contributed by atoms with van der Waals surface area (Å²) in [6.45, 7) is 3.37. The third-order valence-corrected chi connectivity index (χ3v) is 3.72. The van der Waals surface area contributed by atoms with Crippen molar-refractivity contribution in [2.45, 2.75) is 32.1 Å². The van der Waals surface area contributed by atoms with Gasteiger partial charge in [0.2, 0.25) is 5.91 Å². The fraction of sp³-hybridized carbons (Fsp3) is 0.263. The predicted octanol–water partition coefficient (Wildman–Crippen LogP) is 3.73. The number of alkyl halides is 3. The molecule has 0 unspecified atom stereocenters.